The van der Waals surface area contributed by atoms with Crippen molar-refractivity contribution in [2.75, 3.05) is 13.7 Å². The average molecular weight is 210 g/mol. The number of rotatable bonds is 4. The van der Waals surface area contributed by atoms with Crippen molar-refractivity contribution in [1.29, 1.82) is 0 Å². The summed E-state index contributed by atoms with van der Waals surface area (Å²) in [6.45, 7) is 2.41. The van der Waals surface area contributed by atoms with Crippen LogP contribution >= 0.6 is 12.2 Å². The molecule has 0 bridgehead atoms. The Hall–Kier alpha value is -1.09. The molecule has 0 heterocycles. The zero-order valence-corrected chi connectivity index (χ0v) is 9.26. The molecule has 1 aromatic carbocycles. The third-order valence-electron chi connectivity index (χ3n) is 1.83. The number of hydrogen-bond donors (Lipinski definition) is 0. The van der Waals surface area contributed by atoms with Gasteiger partial charge >= 0.3 is 0 Å². The third-order valence-corrected chi connectivity index (χ3v) is 1.95. The van der Waals surface area contributed by atoms with E-state index < -0.39 is 0 Å². The van der Waals surface area contributed by atoms with E-state index in [1.807, 2.05) is 24.3 Å². The highest BCUT2D eigenvalue weighted by Gasteiger charge is 1.96. The number of ether oxygens (including phenoxy) is 2. The van der Waals surface area contributed by atoms with Crippen LogP contribution in [0, 0.1) is 0 Å². The lowest BCUT2D eigenvalue weighted by Crippen LogP contribution is -2.01. The summed E-state index contributed by atoms with van der Waals surface area (Å²) in [5.74, 6) is 0.876. The van der Waals surface area contributed by atoms with Crippen LogP contribution in [0.5, 0.6) is 5.75 Å². The molecule has 0 saturated heterocycles. The summed E-state index contributed by atoms with van der Waals surface area (Å²) < 4.78 is 10.3. The molecule has 2 nitrogen and oxygen atoms in total. The van der Waals surface area contributed by atoms with Gasteiger partial charge in [0.05, 0.1) is 13.7 Å². The molecule has 0 aliphatic rings. The predicted octanol–water partition coefficient (Wildman–Crippen LogP) is 2.60. The maximum atomic E-state index is 5.21. The molecule has 0 aromatic heterocycles. The first-order valence-corrected chi connectivity index (χ1v) is 4.89. The van der Waals surface area contributed by atoms with Gasteiger partial charge in [0.2, 0.25) is 0 Å². The smallest absolute Gasteiger partial charge is 0.156 e. The molecule has 3 heteroatoms. The van der Waals surface area contributed by atoms with Gasteiger partial charge in [-0.05, 0) is 29.9 Å². The van der Waals surface area contributed by atoms with E-state index in [0.29, 0.717) is 11.7 Å². The molecular weight excluding hydrogens is 196 g/mol. The van der Waals surface area contributed by atoms with Gasteiger partial charge in [0.1, 0.15) is 5.75 Å². The largest absolute Gasteiger partial charge is 0.497 e. The Bertz CT molecular complexity index is 310. The lowest BCUT2D eigenvalue weighted by atomic mass is 10.1. The highest BCUT2D eigenvalue weighted by molar-refractivity contribution is 7.80. The maximum Gasteiger partial charge on any atom is 0.156 e. The van der Waals surface area contributed by atoms with E-state index in [1.165, 1.54) is 5.56 Å². The van der Waals surface area contributed by atoms with Gasteiger partial charge in [0, 0.05) is 13.3 Å². The van der Waals surface area contributed by atoms with Crippen LogP contribution in [-0.4, -0.2) is 18.8 Å². The summed E-state index contributed by atoms with van der Waals surface area (Å²) in [4.78, 5) is 0. The van der Waals surface area contributed by atoms with Gasteiger partial charge in [-0.25, -0.2) is 0 Å². The molecule has 0 N–H and O–H groups in total. The molecule has 14 heavy (non-hydrogen) atoms. The van der Waals surface area contributed by atoms with Crippen LogP contribution in [0.2, 0.25) is 0 Å². The van der Waals surface area contributed by atoms with Gasteiger partial charge in [-0.1, -0.05) is 12.1 Å². The van der Waals surface area contributed by atoms with Crippen LogP contribution in [0.25, 0.3) is 0 Å². The van der Waals surface area contributed by atoms with E-state index in [1.54, 1.807) is 14.0 Å². The monoisotopic (exact) mass is 210 g/mol. The Morgan fingerprint density at radius 2 is 2.21 bits per heavy atom. The normalized spacial score (nSPS) is 9.57. The average Bonchev–Trinajstić information content (AvgIpc) is 2.18. The van der Waals surface area contributed by atoms with Crippen LogP contribution in [0.15, 0.2) is 24.3 Å². The quantitative estimate of drug-likeness (QED) is 0.712. The van der Waals surface area contributed by atoms with Crippen LogP contribution in [-0.2, 0) is 11.2 Å². The van der Waals surface area contributed by atoms with Crippen molar-refractivity contribution in [3.8, 4) is 5.75 Å². The summed E-state index contributed by atoms with van der Waals surface area (Å²) in [5, 5.41) is 0.591. The minimum atomic E-state index is 0.591. The van der Waals surface area contributed by atoms with Crippen LogP contribution in [0.1, 0.15) is 12.5 Å². The summed E-state index contributed by atoms with van der Waals surface area (Å²) in [7, 11) is 1.66. The number of hydrogen-bond acceptors (Lipinski definition) is 3. The van der Waals surface area contributed by atoms with Crippen LogP contribution in [0.4, 0.5) is 0 Å². The van der Waals surface area contributed by atoms with Crippen molar-refractivity contribution in [2.24, 2.45) is 0 Å². The second-order valence-electron chi connectivity index (χ2n) is 2.94. The minimum Gasteiger partial charge on any atom is -0.497 e. The zero-order chi connectivity index (χ0) is 10.4. The fraction of sp³-hybridized carbons (Fsp3) is 0.364. The Kier molecular flexibility index (Phi) is 4.40. The van der Waals surface area contributed by atoms with E-state index >= 15 is 0 Å². The number of thiocarbonyl (C=S) groups is 1. The zero-order valence-electron chi connectivity index (χ0n) is 8.45. The molecule has 1 rings (SSSR count). The SMILES string of the molecule is COc1cccc(CCOC(C)=S)c1. The first-order chi connectivity index (χ1) is 6.72. The van der Waals surface area contributed by atoms with Crippen LogP contribution in [0.3, 0.4) is 0 Å². The van der Waals surface area contributed by atoms with Crippen molar-refractivity contribution >= 4 is 17.3 Å². The van der Waals surface area contributed by atoms with Crippen molar-refractivity contribution < 1.29 is 9.47 Å². The lowest BCUT2D eigenvalue weighted by Gasteiger charge is -2.05. The molecule has 76 valence electrons. The van der Waals surface area contributed by atoms with Gasteiger partial charge in [-0.2, -0.15) is 0 Å². The summed E-state index contributed by atoms with van der Waals surface area (Å²) in [6, 6.07) is 7.94. The standard InChI is InChI=1S/C11H14O2S/c1-9(14)13-7-6-10-4-3-5-11(8-10)12-2/h3-5,8H,6-7H2,1-2H3. The molecule has 0 spiro atoms. The van der Waals surface area contributed by atoms with Gasteiger partial charge in [-0.3, -0.25) is 0 Å². The summed E-state index contributed by atoms with van der Waals surface area (Å²) in [5.41, 5.74) is 1.20. The summed E-state index contributed by atoms with van der Waals surface area (Å²) >= 11 is 4.81. The van der Waals surface area contributed by atoms with Gasteiger partial charge in [0.25, 0.3) is 0 Å². The molecule has 0 atom stereocenters. The third kappa shape index (κ3) is 3.75. The first kappa shape index (κ1) is 11.0. The molecule has 0 saturated carbocycles. The summed E-state index contributed by atoms with van der Waals surface area (Å²) in [6.07, 6.45) is 0.852. The predicted molar refractivity (Wildman–Crippen MR) is 60.9 cm³/mol. The molecular formula is C11H14O2S. The van der Waals surface area contributed by atoms with E-state index in [0.717, 1.165) is 12.2 Å². The number of methoxy groups -OCH3 is 1. The fourth-order valence-corrected chi connectivity index (χ4v) is 1.22. The second kappa shape index (κ2) is 5.60. The highest BCUT2D eigenvalue weighted by Crippen LogP contribution is 2.12. The molecule has 0 radical (unpaired) electrons. The van der Waals surface area contributed by atoms with E-state index in [-0.39, 0.29) is 0 Å². The molecule has 0 fully saturated rings. The van der Waals surface area contributed by atoms with Crippen molar-refractivity contribution in [1.82, 2.24) is 0 Å². The molecule has 0 aliphatic carbocycles. The Morgan fingerprint density at radius 3 is 2.86 bits per heavy atom. The van der Waals surface area contributed by atoms with E-state index in [4.69, 9.17) is 21.7 Å². The Morgan fingerprint density at radius 1 is 1.43 bits per heavy atom. The minimum absolute atomic E-state index is 0.591. The second-order valence-corrected chi connectivity index (χ2v) is 3.52. The van der Waals surface area contributed by atoms with Gasteiger partial charge in [0.15, 0.2) is 5.05 Å². The Labute approximate surface area is 89.8 Å². The number of benzene rings is 1. The molecule has 0 amide bonds. The molecule has 1 aromatic rings. The van der Waals surface area contributed by atoms with Crippen molar-refractivity contribution in [3.05, 3.63) is 29.8 Å². The Balaban J connectivity index is 2.46. The maximum absolute atomic E-state index is 5.21. The first-order valence-electron chi connectivity index (χ1n) is 4.48. The highest BCUT2D eigenvalue weighted by atomic mass is 32.1. The van der Waals surface area contributed by atoms with Gasteiger partial charge in [-0.15, -0.1) is 0 Å². The van der Waals surface area contributed by atoms with Crippen molar-refractivity contribution in [3.63, 3.8) is 0 Å². The lowest BCUT2D eigenvalue weighted by molar-refractivity contribution is 0.315. The molecule has 0 unspecified atom stereocenters. The van der Waals surface area contributed by atoms with Crippen LogP contribution < -0.4 is 4.74 Å². The molecule has 0 aliphatic heterocycles. The fourth-order valence-electron chi connectivity index (χ4n) is 1.14. The van der Waals surface area contributed by atoms with E-state index in [9.17, 15) is 0 Å². The van der Waals surface area contributed by atoms with Gasteiger partial charge < -0.3 is 9.47 Å². The van der Waals surface area contributed by atoms with Crippen molar-refractivity contribution in [2.45, 2.75) is 13.3 Å². The van der Waals surface area contributed by atoms with E-state index in [2.05, 4.69) is 0 Å². The topological polar surface area (TPSA) is 18.5 Å².